The van der Waals surface area contributed by atoms with Gasteiger partial charge in [-0.1, -0.05) is 18.2 Å². The number of ether oxygens (including phenoxy) is 2. The highest BCUT2D eigenvalue weighted by molar-refractivity contribution is 14.1. The van der Waals surface area contributed by atoms with Crippen molar-refractivity contribution in [3.05, 3.63) is 61.7 Å². The molecule has 0 aromatic heterocycles. The standard InChI is InChI=1S/C19H21IO3/c1-12-8-14(3)18(9-13(12)2)23-11-16-15(10-19(21)22-4)6-5-7-17(16)20/h5-9H,10-11H2,1-4H3. The summed E-state index contributed by atoms with van der Waals surface area (Å²) in [4.78, 5) is 11.6. The molecule has 3 nitrogen and oxygen atoms in total. The van der Waals surface area contributed by atoms with E-state index in [1.54, 1.807) is 0 Å². The van der Waals surface area contributed by atoms with Gasteiger partial charge in [-0.3, -0.25) is 4.79 Å². The van der Waals surface area contributed by atoms with Crippen LogP contribution in [0.15, 0.2) is 30.3 Å². The first-order valence-corrected chi connectivity index (χ1v) is 8.54. The molecule has 0 spiro atoms. The number of hydrogen-bond donors (Lipinski definition) is 0. The Bertz CT molecular complexity index is 723. The van der Waals surface area contributed by atoms with Gasteiger partial charge in [-0.05, 0) is 77.7 Å². The topological polar surface area (TPSA) is 35.5 Å². The van der Waals surface area contributed by atoms with E-state index in [0.29, 0.717) is 6.61 Å². The lowest BCUT2D eigenvalue weighted by Crippen LogP contribution is -2.10. The third-order valence-electron chi connectivity index (χ3n) is 3.94. The van der Waals surface area contributed by atoms with Crippen LogP contribution in [0, 0.1) is 24.3 Å². The van der Waals surface area contributed by atoms with Gasteiger partial charge in [0.05, 0.1) is 13.5 Å². The second kappa shape index (κ2) is 7.81. The molecule has 0 heterocycles. The summed E-state index contributed by atoms with van der Waals surface area (Å²) in [6.45, 7) is 6.67. The predicted molar refractivity (Wildman–Crippen MR) is 99.9 cm³/mol. The maximum atomic E-state index is 11.6. The van der Waals surface area contributed by atoms with Crippen molar-refractivity contribution in [2.75, 3.05) is 7.11 Å². The van der Waals surface area contributed by atoms with Crippen molar-refractivity contribution in [3.63, 3.8) is 0 Å². The number of carbonyl (C=O) groups excluding carboxylic acids is 1. The summed E-state index contributed by atoms with van der Waals surface area (Å²) in [6, 6.07) is 10.1. The fourth-order valence-corrected chi connectivity index (χ4v) is 3.11. The fraction of sp³-hybridized carbons (Fsp3) is 0.316. The normalized spacial score (nSPS) is 10.5. The molecule has 2 rings (SSSR count). The van der Waals surface area contributed by atoms with E-state index in [1.165, 1.54) is 18.2 Å². The lowest BCUT2D eigenvalue weighted by atomic mass is 10.0. The van der Waals surface area contributed by atoms with Crippen LogP contribution in [0.1, 0.15) is 27.8 Å². The lowest BCUT2D eigenvalue weighted by molar-refractivity contribution is -0.139. The van der Waals surface area contributed by atoms with Gasteiger partial charge in [-0.25, -0.2) is 0 Å². The Morgan fingerprint density at radius 3 is 2.48 bits per heavy atom. The number of benzene rings is 2. The monoisotopic (exact) mass is 424 g/mol. The minimum absolute atomic E-state index is 0.240. The zero-order valence-corrected chi connectivity index (χ0v) is 16.1. The van der Waals surface area contributed by atoms with Crippen LogP contribution >= 0.6 is 22.6 Å². The molecule has 0 unspecified atom stereocenters. The van der Waals surface area contributed by atoms with Crippen LogP contribution in [0.5, 0.6) is 5.75 Å². The van der Waals surface area contributed by atoms with E-state index < -0.39 is 0 Å². The quantitative estimate of drug-likeness (QED) is 0.524. The molecule has 0 saturated carbocycles. The number of aryl methyl sites for hydroxylation is 3. The Hall–Kier alpha value is -1.56. The molecular formula is C19H21IO3. The predicted octanol–water partition coefficient (Wildman–Crippen LogP) is 4.51. The van der Waals surface area contributed by atoms with Crippen LogP contribution in [0.4, 0.5) is 0 Å². The number of methoxy groups -OCH3 is 1. The first-order chi connectivity index (χ1) is 10.9. The van der Waals surface area contributed by atoms with E-state index in [4.69, 9.17) is 9.47 Å². The van der Waals surface area contributed by atoms with E-state index in [1.807, 2.05) is 25.1 Å². The van der Waals surface area contributed by atoms with Gasteiger partial charge in [-0.15, -0.1) is 0 Å². The van der Waals surface area contributed by atoms with Gasteiger partial charge in [0.25, 0.3) is 0 Å². The summed E-state index contributed by atoms with van der Waals surface area (Å²) in [5.41, 5.74) is 5.58. The summed E-state index contributed by atoms with van der Waals surface area (Å²) in [5.74, 6) is 0.646. The molecule has 0 aliphatic rings. The molecule has 23 heavy (non-hydrogen) atoms. The Morgan fingerprint density at radius 2 is 1.78 bits per heavy atom. The molecular weight excluding hydrogens is 403 g/mol. The molecule has 0 N–H and O–H groups in total. The van der Waals surface area contributed by atoms with Crippen molar-refractivity contribution in [2.24, 2.45) is 0 Å². The molecule has 0 bridgehead atoms. The van der Waals surface area contributed by atoms with Gasteiger partial charge in [0.15, 0.2) is 0 Å². The largest absolute Gasteiger partial charge is 0.489 e. The van der Waals surface area contributed by atoms with Gasteiger partial charge in [0.2, 0.25) is 0 Å². The van der Waals surface area contributed by atoms with Crippen LogP contribution in [-0.4, -0.2) is 13.1 Å². The Kier molecular flexibility index (Phi) is 6.04. The summed E-state index contributed by atoms with van der Waals surface area (Å²) in [5, 5.41) is 0. The minimum Gasteiger partial charge on any atom is -0.489 e. The maximum Gasteiger partial charge on any atom is 0.309 e. The van der Waals surface area contributed by atoms with Crippen molar-refractivity contribution >= 4 is 28.6 Å². The van der Waals surface area contributed by atoms with E-state index in [0.717, 1.165) is 26.0 Å². The number of carbonyl (C=O) groups is 1. The number of esters is 1. The highest BCUT2D eigenvalue weighted by Crippen LogP contribution is 2.25. The Morgan fingerprint density at radius 1 is 1.09 bits per heavy atom. The number of rotatable bonds is 5. The molecule has 0 aliphatic heterocycles. The summed E-state index contributed by atoms with van der Waals surface area (Å²) in [7, 11) is 1.41. The Labute approximate surface area is 151 Å². The van der Waals surface area contributed by atoms with Crippen LogP contribution < -0.4 is 4.74 Å². The zero-order chi connectivity index (χ0) is 17.0. The van der Waals surface area contributed by atoms with Crippen molar-refractivity contribution in [3.8, 4) is 5.75 Å². The summed E-state index contributed by atoms with van der Waals surface area (Å²) in [6.07, 6.45) is 0.262. The average Bonchev–Trinajstić information content (AvgIpc) is 2.51. The van der Waals surface area contributed by atoms with E-state index in [9.17, 15) is 4.79 Å². The molecule has 0 aliphatic carbocycles. The molecule has 0 fully saturated rings. The summed E-state index contributed by atoms with van der Waals surface area (Å²) >= 11 is 2.28. The Balaban J connectivity index is 2.23. The SMILES string of the molecule is COC(=O)Cc1cccc(I)c1COc1cc(C)c(C)cc1C. The smallest absolute Gasteiger partial charge is 0.309 e. The van der Waals surface area contributed by atoms with Gasteiger partial charge in [-0.2, -0.15) is 0 Å². The highest BCUT2D eigenvalue weighted by atomic mass is 127. The van der Waals surface area contributed by atoms with Crippen LogP contribution in [0.25, 0.3) is 0 Å². The minimum atomic E-state index is -0.240. The second-order valence-corrected chi connectivity index (χ2v) is 6.78. The van der Waals surface area contributed by atoms with Crippen molar-refractivity contribution in [2.45, 2.75) is 33.8 Å². The second-order valence-electron chi connectivity index (χ2n) is 5.62. The third kappa shape index (κ3) is 4.47. The number of halogens is 1. The van der Waals surface area contributed by atoms with Gasteiger partial charge in [0, 0.05) is 9.13 Å². The molecule has 122 valence electrons. The van der Waals surface area contributed by atoms with Crippen molar-refractivity contribution in [1.29, 1.82) is 0 Å². The van der Waals surface area contributed by atoms with Crippen LogP contribution in [0.2, 0.25) is 0 Å². The maximum absolute atomic E-state index is 11.6. The van der Waals surface area contributed by atoms with Crippen LogP contribution in [0.3, 0.4) is 0 Å². The molecule has 0 saturated heterocycles. The average molecular weight is 424 g/mol. The molecule has 0 radical (unpaired) electrons. The third-order valence-corrected chi connectivity index (χ3v) is 4.95. The zero-order valence-electron chi connectivity index (χ0n) is 13.9. The van der Waals surface area contributed by atoms with Gasteiger partial charge in [0.1, 0.15) is 12.4 Å². The fourth-order valence-electron chi connectivity index (χ4n) is 2.40. The van der Waals surface area contributed by atoms with E-state index in [-0.39, 0.29) is 12.4 Å². The highest BCUT2D eigenvalue weighted by Gasteiger charge is 2.12. The van der Waals surface area contributed by atoms with Crippen LogP contribution in [-0.2, 0) is 22.6 Å². The molecule has 0 amide bonds. The van der Waals surface area contributed by atoms with Gasteiger partial charge >= 0.3 is 5.97 Å². The molecule has 2 aromatic rings. The first kappa shape index (κ1) is 17.8. The van der Waals surface area contributed by atoms with Gasteiger partial charge < -0.3 is 9.47 Å². The lowest BCUT2D eigenvalue weighted by Gasteiger charge is -2.15. The first-order valence-electron chi connectivity index (χ1n) is 7.46. The van der Waals surface area contributed by atoms with Crippen molar-refractivity contribution < 1.29 is 14.3 Å². The van der Waals surface area contributed by atoms with E-state index in [2.05, 4.69) is 48.6 Å². The van der Waals surface area contributed by atoms with E-state index >= 15 is 0 Å². The van der Waals surface area contributed by atoms with Crippen molar-refractivity contribution in [1.82, 2.24) is 0 Å². The molecule has 2 aromatic carbocycles. The number of hydrogen-bond acceptors (Lipinski definition) is 3. The molecule has 0 atom stereocenters. The molecule has 4 heteroatoms. The summed E-state index contributed by atoms with van der Waals surface area (Å²) < 4.78 is 11.9.